The van der Waals surface area contributed by atoms with Crippen LogP contribution in [0.2, 0.25) is 0 Å². The van der Waals surface area contributed by atoms with Crippen molar-refractivity contribution in [2.24, 2.45) is 0 Å². The molecule has 2 aromatic rings. The van der Waals surface area contributed by atoms with Crippen LogP contribution in [0.5, 0.6) is 0 Å². The summed E-state index contributed by atoms with van der Waals surface area (Å²) in [5.74, 6) is 0.740. The minimum atomic E-state index is -3.29. The van der Waals surface area contributed by atoms with Crippen LogP contribution in [-0.2, 0) is 16.4 Å². The molecule has 0 spiro atoms. The topological polar surface area (TPSA) is 59.3 Å². The molecule has 1 heterocycles. The first-order valence-electron chi connectivity index (χ1n) is 6.64. The van der Waals surface area contributed by atoms with Gasteiger partial charge in [0, 0.05) is 0 Å². The second-order valence-corrected chi connectivity index (χ2v) is 6.64. The van der Waals surface area contributed by atoms with Gasteiger partial charge in [-0.05, 0) is 37.5 Å². The van der Waals surface area contributed by atoms with E-state index < -0.39 is 10.0 Å². The van der Waals surface area contributed by atoms with E-state index in [4.69, 9.17) is 4.42 Å². The van der Waals surface area contributed by atoms with Gasteiger partial charge in [0.15, 0.2) is 0 Å². The van der Waals surface area contributed by atoms with E-state index in [2.05, 4.69) is 4.72 Å². The fourth-order valence-corrected chi connectivity index (χ4v) is 3.33. The Kier molecular flexibility index (Phi) is 4.98. The highest BCUT2D eigenvalue weighted by Gasteiger charge is 2.17. The third kappa shape index (κ3) is 4.51. The molecule has 1 unspecified atom stereocenters. The lowest BCUT2D eigenvalue weighted by atomic mass is 10.1. The highest BCUT2D eigenvalue weighted by Crippen LogP contribution is 2.14. The second-order valence-electron chi connectivity index (χ2n) is 4.76. The first-order valence-corrected chi connectivity index (χ1v) is 8.29. The van der Waals surface area contributed by atoms with Gasteiger partial charge >= 0.3 is 0 Å². The molecule has 0 saturated carbocycles. The quantitative estimate of drug-likeness (QED) is 0.854. The number of rotatable bonds is 7. The summed E-state index contributed by atoms with van der Waals surface area (Å²) in [6, 6.07) is 13.0. The van der Waals surface area contributed by atoms with E-state index >= 15 is 0 Å². The molecule has 1 aromatic heterocycles. The number of aryl methyl sites for hydroxylation is 1. The lowest BCUT2D eigenvalue weighted by Crippen LogP contribution is -2.29. The van der Waals surface area contributed by atoms with E-state index in [9.17, 15) is 8.42 Å². The van der Waals surface area contributed by atoms with Crippen molar-refractivity contribution in [1.29, 1.82) is 0 Å². The molecule has 108 valence electrons. The monoisotopic (exact) mass is 293 g/mol. The predicted molar refractivity (Wildman–Crippen MR) is 78.8 cm³/mol. The van der Waals surface area contributed by atoms with E-state index in [1.165, 1.54) is 6.26 Å². The molecule has 0 amide bonds. The van der Waals surface area contributed by atoms with Crippen molar-refractivity contribution in [3.63, 3.8) is 0 Å². The lowest BCUT2D eigenvalue weighted by Gasteiger charge is -2.11. The molecule has 0 bridgehead atoms. The van der Waals surface area contributed by atoms with Crippen molar-refractivity contribution >= 4 is 10.0 Å². The van der Waals surface area contributed by atoms with Gasteiger partial charge in [-0.3, -0.25) is 0 Å². The standard InChI is InChI=1S/C15H19NO3S/c1-13(15-10-5-11-19-15)16-20(17,18)12-6-9-14-7-3-2-4-8-14/h2-5,7-8,10-11,13,16H,6,9,12H2,1H3. The number of benzene rings is 1. The summed E-state index contributed by atoms with van der Waals surface area (Å²) in [5.41, 5.74) is 1.15. The van der Waals surface area contributed by atoms with Crippen LogP contribution >= 0.6 is 0 Å². The molecule has 1 N–H and O–H groups in total. The number of hydrogen-bond acceptors (Lipinski definition) is 3. The average Bonchev–Trinajstić information content (AvgIpc) is 2.93. The fourth-order valence-electron chi connectivity index (χ4n) is 2.03. The predicted octanol–water partition coefficient (Wildman–Crippen LogP) is 2.89. The number of furan rings is 1. The summed E-state index contributed by atoms with van der Waals surface area (Å²) in [6.07, 6.45) is 2.90. The molecule has 5 heteroatoms. The molecular formula is C15H19NO3S. The molecule has 1 atom stereocenters. The molecule has 0 aliphatic heterocycles. The Balaban J connectivity index is 1.82. The van der Waals surface area contributed by atoms with Crippen molar-refractivity contribution in [1.82, 2.24) is 4.72 Å². The SMILES string of the molecule is CC(NS(=O)(=O)CCCc1ccccc1)c1ccco1. The second kappa shape index (κ2) is 6.72. The van der Waals surface area contributed by atoms with Crippen LogP contribution in [0.4, 0.5) is 0 Å². The Hall–Kier alpha value is -1.59. The Morgan fingerprint density at radius 3 is 2.55 bits per heavy atom. The first kappa shape index (κ1) is 14.8. The minimum absolute atomic E-state index is 0.118. The molecule has 1 aromatic carbocycles. The number of hydrogen-bond donors (Lipinski definition) is 1. The molecular weight excluding hydrogens is 274 g/mol. The maximum Gasteiger partial charge on any atom is 0.212 e. The summed E-state index contributed by atoms with van der Waals surface area (Å²) in [7, 11) is -3.29. The molecule has 0 aliphatic rings. The number of sulfonamides is 1. The van der Waals surface area contributed by atoms with Gasteiger partial charge in [-0.1, -0.05) is 30.3 Å². The van der Waals surface area contributed by atoms with Crippen LogP contribution < -0.4 is 4.72 Å². The molecule has 0 saturated heterocycles. The van der Waals surface area contributed by atoms with Crippen molar-refractivity contribution in [3.05, 3.63) is 60.1 Å². The van der Waals surface area contributed by atoms with Gasteiger partial charge in [-0.15, -0.1) is 0 Å². The van der Waals surface area contributed by atoms with Crippen molar-refractivity contribution in [2.45, 2.75) is 25.8 Å². The van der Waals surface area contributed by atoms with Gasteiger partial charge in [0.05, 0.1) is 18.1 Å². The van der Waals surface area contributed by atoms with Crippen LogP contribution in [0, 0.1) is 0 Å². The Bertz CT molecular complexity index is 606. The highest BCUT2D eigenvalue weighted by atomic mass is 32.2. The van der Waals surface area contributed by atoms with Gasteiger partial charge in [-0.25, -0.2) is 13.1 Å². The fraction of sp³-hybridized carbons (Fsp3) is 0.333. The molecule has 20 heavy (non-hydrogen) atoms. The van der Waals surface area contributed by atoms with Crippen LogP contribution in [0.3, 0.4) is 0 Å². The van der Waals surface area contributed by atoms with E-state index in [1.807, 2.05) is 30.3 Å². The third-order valence-corrected chi connectivity index (χ3v) is 4.59. The van der Waals surface area contributed by atoms with E-state index in [-0.39, 0.29) is 11.8 Å². The van der Waals surface area contributed by atoms with Gasteiger partial charge in [-0.2, -0.15) is 0 Å². The largest absolute Gasteiger partial charge is 0.468 e. The van der Waals surface area contributed by atoms with Crippen LogP contribution in [0.25, 0.3) is 0 Å². The Labute approximate surface area is 119 Å². The molecule has 4 nitrogen and oxygen atoms in total. The zero-order chi connectivity index (χ0) is 14.4. The molecule has 2 rings (SSSR count). The normalized spacial score (nSPS) is 13.2. The number of nitrogens with one attached hydrogen (secondary N) is 1. The van der Waals surface area contributed by atoms with Crippen molar-refractivity contribution < 1.29 is 12.8 Å². The molecule has 0 fully saturated rings. The first-order chi connectivity index (χ1) is 9.57. The average molecular weight is 293 g/mol. The van der Waals surface area contributed by atoms with Crippen LogP contribution in [0.1, 0.15) is 30.7 Å². The van der Waals surface area contributed by atoms with Crippen molar-refractivity contribution in [3.8, 4) is 0 Å². The minimum Gasteiger partial charge on any atom is -0.468 e. The zero-order valence-electron chi connectivity index (χ0n) is 11.5. The van der Waals surface area contributed by atoms with E-state index in [0.717, 1.165) is 12.0 Å². The van der Waals surface area contributed by atoms with Gasteiger partial charge < -0.3 is 4.42 Å². The van der Waals surface area contributed by atoms with Crippen LogP contribution in [0.15, 0.2) is 53.1 Å². The summed E-state index contributed by atoms with van der Waals surface area (Å²) in [5, 5.41) is 0. The Morgan fingerprint density at radius 2 is 1.90 bits per heavy atom. The lowest BCUT2D eigenvalue weighted by molar-refractivity contribution is 0.459. The third-order valence-electron chi connectivity index (χ3n) is 3.05. The highest BCUT2D eigenvalue weighted by molar-refractivity contribution is 7.89. The summed E-state index contributed by atoms with van der Waals surface area (Å²) >= 11 is 0. The summed E-state index contributed by atoms with van der Waals surface area (Å²) in [6.45, 7) is 1.77. The maximum atomic E-state index is 12.0. The maximum absolute atomic E-state index is 12.0. The van der Waals surface area contributed by atoms with Crippen LogP contribution in [-0.4, -0.2) is 14.2 Å². The summed E-state index contributed by atoms with van der Waals surface area (Å²) < 4.78 is 31.8. The van der Waals surface area contributed by atoms with E-state index in [1.54, 1.807) is 19.1 Å². The molecule has 0 aliphatic carbocycles. The molecule has 0 radical (unpaired) electrons. The zero-order valence-corrected chi connectivity index (χ0v) is 12.3. The van der Waals surface area contributed by atoms with Crippen molar-refractivity contribution in [2.75, 3.05) is 5.75 Å². The Morgan fingerprint density at radius 1 is 1.15 bits per heavy atom. The summed E-state index contributed by atoms with van der Waals surface area (Å²) in [4.78, 5) is 0. The smallest absolute Gasteiger partial charge is 0.212 e. The van der Waals surface area contributed by atoms with Gasteiger partial charge in [0.2, 0.25) is 10.0 Å². The van der Waals surface area contributed by atoms with E-state index in [0.29, 0.717) is 12.2 Å². The van der Waals surface area contributed by atoms with Gasteiger partial charge in [0.1, 0.15) is 5.76 Å². The van der Waals surface area contributed by atoms with Gasteiger partial charge in [0.25, 0.3) is 0 Å².